The number of nitriles is 1. The summed E-state index contributed by atoms with van der Waals surface area (Å²) in [6.07, 6.45) is 0. The molecule has 0 spiro atoms. The number of halogens is 1. The summed E-state index contributed by atoms with van der Waals surface area (Å²) in [5.41, 5.74) is 2.11. The summed E-state index contributed by atoms with van der Waals surface area (Å²) >= 11 is 1.38. The van der Waals surface area contributed by atoms with Crippen molar-refractivity contribution < 1.29 is 4.39 Å². The second-order valence-electron chi connectivity index (χ2n) is 3.89. The van der Waals surface area contributed by atoms with Gasteiger partial charge in [-0.3, -0.25) is 4.98 Å². The number of pyridine rings is 1. The van der Waals surface area contributed by atoms with Crippen molar-refractivity contribution in [3.8, 4) is 6.07 Å². The van der Waals surface area contributed by atoms with Gasteiger partial charge < -0.3 is 0 Å². The molecule has 90 valence electrons. The van der Waals surface area contributed by atoms with Crippen molar-refractivity contribution in [1.29, 1.82) is 5.26 Å². The fraction of sp³-hybridized carbons (Fsp3) is 0.143. The maximum Gasteiger partial charge on any atom is 0.124 e. The standard InChI is InChI=1S/C14H11FN2S/c1-9-6-14(13(8-16)10(2)17-9)18-12-5-3-4-11(15)7-12/h3-7H,1-2H3. The molecule has 0 bridgehead atoms. The second-order valence-corrected chi connectivity index (χ2v) is 5.01. The fourth-order valence-electron chi connectivity index (χ4n) is 1.67. The highest BCUT2D eigenvalue weighted by Crippen LogP contribution is 2.31. The predicted octanol–water partition coefficient (Wildman–Crippen LogP) is 3.86. The van der Waals surface area contributed by atoms with Crippen LogP contribution in [0.15, 0.2) is 40.1 Å². The molecule has 0 unspecified atom stereocenters. The molecule has 2 aromatic rings. The van der Waals surface area contributed by atoms with E-state index < -0.39 is 0 Å². The number of rotatable bonds is 2. The van der Waals surface area contributed by atoms with Crippen molar-refractivity contribution in [2.24, 2.45) is 0 Å². The van der Waals surface area contributed by atoms with E-state index in [0.717, 1.165) is 15.5 Å². The summed E-state index contributed by atoms with van der Waals surface area (Å²) in [6.45, 7) is 3.69. The van der Waals surface area contributed by atoms with E-state index in [0.29, 0.717) is 11.3 Å². The van der Waals surface area contributed by atoms with Gasteiger partial charge in [-0.2, -0.15) is 5.26 Å². The van der Waals surface area contributed by atoms with Crippen LogP contribution in [0.25, 0.3) is 0 Å². The third-order valence-corrected chi connectivity index (χ3v) is 3.46. The maximum absolute atomic E-state index is 13.1. The average Bonchev–Trinajstić information content (AvgIpc) is 2.28. The average molecular weight is 258 g/mol. The molecule has 0 fully saturated rings. The molecule has 0 aliphatic heterocycles. The van der Waals surface area contributed by atoms with Gasteiger partial charge in [-0.15, -0.1) is 0 Å². The van der Waals surface area contributed by atoms with Gasteiger partial charge in [-0.05, 0) is 38.1 Å². The molecule has 1 aromatic heterocycles. The van der Waals surface area contributed by atoms with E-state index in [1.165, 1.54) is 23.9 Å². The quantitative estimate of drug-likeness (QED) is 0.820. The molecular formula is C14H11FN2S. The number of benzene rings is 1. The van der Waals surface area contributed by atoms with Crippen LogP contribution in [-0.2, 0) is 0 Å². The molecule has 1 heterocycles. The van der Waals surface area contributed by atoms with Gasteiger partial charge in [0.15, 0.2) is 0 Å². The van der Waals surface area contributed by atoms with Gasteiger partial charge in [0.25, 0.3) is 0 Å². The van der Waals surface area contributed by atoms with Crippen LogP contribution in [0.4, 0.5) is 4.39 Å². The molecule has 0 aliphatic carbocycles. The third-order valence-electron chi connectivity index (χ3n) is 2.43. The normalized spacial score (nSPS) is 10.1. The van der Waals surface area contributed by atoms with E-state index in [1.54, 1.807) is 13.0 Å². The Bertz CT molecular complexity index is 632. The highest BCUT2D eigenvalue weighted by atomic mass is 32.2. The van der Waals surface area contributed by atoms with Crippen molar-refractivity contribution in [1.82, 2.24) is 4.98 Å². The Balaban J connectivity index is 2.43. The van der Waals surface area contributed by atoms with E-state index in [4.69, 9.17) is 5.26 Å². The van der Waals surface area contributed by atoms with Crippen molar-refractivity contribution in [3.63, 3.8) is 0 Å². The molecule has 2 rings (SSSR count). The molecule has 0 aliphatic rings. The summed E-state index contributed by atoms with van der Waals surface area (Å²) in [6, 6.07) is 10.3. The smallest absolute Gasteiger partial charge is 0.124 e. The fourth-order valence-corrected chi connectivity index (χ4v) is 2.76. The molecule has 0 amide bonds. The van der Waals surface area contributed by atoms with E-state index >= 15 is 0 Å². The topological polar surface area (TPSA) is 36.7 Å². The van der Waals surface area contributed by atoms with Crippen molar-refractivity contribution in [2.45, 2.75) is 23.6 Å². The van der Waals surface area contributed by atoms with Crippen LogP contribution in [0, 0.1) is 31.0 Å². The lowest BCUT2D eigenvalue weighted by Gasteiger charge is -2.07. The third kappa shape index (κ3) is 2.69. The number of nitrogens with zero attached hydrogens (tertiary/aromatic N) is 2. The Kier molecular flexibility index (Phi) is 3.63. The van der Waals surface area contributed by atoms with Crippen LogP contribution in [0.2, 0.25) is 0 Å². The van der Waals surface area contributed by atoms with Crippen molar-refractivity contribution in [2.75, 3.05) is 0 Å². The monoisotopic (exact) mass is 258 g/mol. The number of aryl methyl sites for hydroxylation is 2. The first-order valence-corrected chi connectivity index (χ1v) is 6.23. The Morgan fingerprint density at radius 1 is 1.28 bits per heavy atom. The van der Waals surface area contributed by atoms with Gasteiger partial charge in [0.2, 0.25) is 0 Å². The number of hydrogen-bond acceptors (Lipinski definition) is 3. The maximum atomic E-state index is 13.1. The highest BCUT2D eigenvalue weighted by molar-refractivity contribution is 7.99. The Labute approximate surface area is 109 Å². The van der Waals surface area contributed by atoms with Crippen molar-refractivity contribution >= 4 is 11.8 Å². The molecule has 0 saturated carbocycles. The second kappa shape index (κ2) is 5.19. The summed E-state index contributed by atoms with van der Waals surface area (Å²) in [5, 5.41) is 9.15. The zero-order valence-electron chi connectivity index (χ0n) is 10.1. The molecule has 2 nitrogen and oxygen atoms in total. The molecule has 4 heteroatoms. The van der Waals surface area contributed by atoms with E-state index in [1.807, 2.05) is 19.1 Å². The van der Waals surface area contributed by atoms with E-state index in [-0.39, 0.29) is 5.82 Å². The Morgan fingerprint density at radius 3 is 2.72 bits per heavy atom. The molecule has 18 heavy (non-hydrogen) atoms. The minimum atomic E-state index is -0.277. The molecule has 0 atom stereocenters. The van der Waals surface area contributed by atoms with Gasteiger partial charge in [-0.1, -0.05) is 17.8 Å². The first-order valence-electron chi connectivity index (χ1n) is 5.42. The predicted molar refractivity (Wildman–Crippen MR) is 68.9 cm³/mol. The Hall–Kier alpha value is -1.86. The summed E-state index contributed by atoms with van der Waals surface area (Å²) in [5.74, 6) is -0.277. The zero-order valence-corrected chi connectivity index (χ0v) is 10.9. The summed E-state index contributed by atoms with van der Waals surface area (Å²) in [7, 11) is 0. The van der Waals surface area contributed by atoms with Crippen LogP contribution in [0.3, 0.4) is 0 Å². The van der Waals surface area contributed by atoms with Crippen LogP contribution in [0.5, 0.6) is 0 Å². The molecule has 1 aromatic carbocycles. The lowest BCUT2D eigenvalue weighted by atomic mass is 10.2. The lowest BCUT2D eigenvalue weighted by Crippen LogP contribution is -1.94. The number of aromatic nitrogens is 1. The van der Waals surface area contributed by atoms with Crippen LogP contribution >= 0.6 is 11.8 Å². The van der Waals surface area contributed by atoms with Gasteiger partial charge in [0.05, 0.1) is 11.3 Å². The Morgan fingerprint density at radius 2 is 2.06 bits per heavy atom. The van der Waals surface area contributed by atoms with Gasteiger partial charge in [-0.25, -0.2) is 4.39 Å². The van der Waals surface area contributed by atoms with Crippen LogP contribution in [-0.4, -0.2) is 4.98 Å². The first-order chi connectivity index (χ1) is 8.60. The minimum Gasteiger partial charge on any atom is -0.257 e. The molecular weight excluding hydrogens is 247 g/mol. The molecule has 0 radical (unpaired) electrons. The summed E-state index contributed by atoms with van der Waals surface area (Å²) in [4.78, 5) is 5.84. The summed E-state index contributed by atoms with van der Waals surface area (Å²) < 4.78 is 13.1. The van der Waals surface area contributed by atoms with Gasteiger partial charge in [0.1, 0.15) is 11.9 Å². The lowest BCUT2D eigenvalue weighted by molar-refractivity contribution is 0.624. The van der Waals surface area contributed by atoms with Crippen LogP contribution in [0.1, 0.15) is 17.0 Å². The first kappa shape index (κ1) is 12.6. The SMILES string of the molecule is Cc1cc(Sc2cccc(F)c2)c(C#N)c(C)n1. The molecule has 0 N–H and O–H groups in total. The van der Waals surface area contributed by atoms with Gasteiger partial charge in [0, 0.05) is 15.5 Å². The largest absolute Gasteiger partial charge is 0.257 e. The van der Waals surface area contributed by atoms with E-state index in [2.05, 4.69) is 11.1 Å². The van der Waals surface area contributed by atoms with Crippen molar-refractivity contribution in [3.05, 3.63) is 53.1 Å². The molecule has 0 saturated heterocycles. The van der Waals surface area contributed by atoms with Crippen LogP contribution < -0.4 is 0 Å². The number of hydrogen-bond donors (Lipinski definition) is 0. The zero-order chi connectivity index (χ0) is 13.1. The highest BCUT2D eigenvalue weighted by Gasteiger charge is 2.09. The van der Waals surface area contributed by atoms with Gasteiger partial charge >= 0.3 is 0 Å². The minimum absolute atomic E-state index is 0.277. The van der Waals surface area contributed by atoms with E-state index in [9.17, 15) is 4.39 Å².